The van der Waals surface area contributed by atoms with Gasteiger partial charge in [0.1, 0.15) is 5.75 Å². The summed E-state index contributed by atoms with van der Waals surface area (Å²) < 4.78 is 11.0. The van der Waals surface area contributed by atoms with Crippen LogP contribution in [0.15, 0.2) is 12.1 Å². The highest BCUT2D eigenvalue weighted by Crippen LogP contribution is 2.31. The van der Waals surface area contributed by atoms with Gasteiger partial charge in [0.15, 0.2) is 0 Å². The molecule has 0 spiro atoms. The normalized spacial score (nSPS) is 14.5. The van der Waals surface area contributed by atoms with Crippen LogP contribution in [0.2, 0.25) is 0 Å². The number of methoxy groups -OCH3 is 1. The van der Waals surface area contributed by atoms with Crippen LogP contribution in [-0.4, -0.2) is 19.8 Å². The summed E-state index contributed by atoms with van der Waals surface area (Å²) in [6, 6.07) is 3.97. The average molecular weight is 237 g/mol. The number of nitrogens with two attached hydrogens (primary N) is 1. The predicted octanol–water partition coefficient (Wildman–Crippen LogP) is 2.74. The Morgan fingerprint density at radius 2 is 1.94 bits per heavy atom. The van der Waals surface area contributed by atoms with Gasteiger partial charge in [0.05, 0.1) is 19.3 Å². The van der Waals surface area contributed by atoms with Gasteiger partial charge in [-0.1, -0.05) is 6.07 Å². The lowest BCUT2D eigenvalue weighted by Crippen LogP contribution is -2.27. The number of aryl methyl sites for hydroxylation is 2. The van der Waals surface area contributed by atoms with Gasteiger partial charge >= 0.3 is 0 Å². The second-order valence-corrected chi connectivity index (χ2v) is 4.38. The van der Waals surface area contributed by atoms with E-state index >= 15 is 0 Å². The van der Waals surface area contributed by atoms with E-state index in [1.165, 1.54) is 5.56 Å². The quantitative estimate of drug-likeness (QED) is 0.856. The van der Waals surface area contributed by atoms with Gasteiger partial charge in [-0.15, -0.1) is 0 Å². The minimum atomic E-state index is -0.162. The Balaban J connectivity index is 3.11. The third kappa shape index (κ3) is 3.20. The van der Waals surface area contributed by atoms with E-state index in [0.717, 1.165) is 16.9 Å². The summed E-state index contributed by atoms with van der Waals surface area (Å²) in [5.74, 6) is 0.849. The molecule has 0 radical (unpaired) electrons. The van der Waals surface area contributed by atoms with Gasteiger partial charge in [0.25, 0.3) is 0 Å². The molecule has 0 aliphatic heterocycles. The van der Waals surface area contributed by atoms with Crippen LogP contribution >= 0.6 is 0 Å². The van der Waals surface area contributed by atoms with Crippen molar-refractivity contribution in [2.24, 2.45) is 5.73 Å². The third-order valence-corrected chi connectivity index (χ3v) is 2.98. The van der Waals surface area contributed by atoms with Gasteiger partial charge in [-0.2, -0.15) is 0 Å². The van der Waals surface area contributed by atoms with Crippen LogP contribution in [0.25, 0.3) is 0 Å². The first-order chi connectivity index (χ1) is 8.01. The molecule has 0 aliphatic carbocycles. The van der Waals surface area contributed by atoms with Crippen LogP contribution in [0.5, 0.6) is 5.75 Å². The summed E-state index contributed by atoms with van der Waals surface area (Å²) in [5, 5.41) is 0. The van der Waals surface area contributed by atoms with Crippen LogP contribution in [-0.2, 0) is 4.74 Å². The van der Waals surface area contributed by atoms with Crippen molar-refractivity contribution in [1.29, 1.82) is 0 Å². The fourth-order valence-electron chi connectivity index (χ4n) is 2.14. The third-order valence-electron chi connectivity index (χ3n) is 2.98. The van der Waals surface area contributed by atoms with Gasteiger partial charge in [0.2, 0.25) is 0 Å². The van der Waals surface area contributed by atoms with Gasteiger partial charge in [-0.25, -0.2) is 0 Å². The van der Waals surface area contributed by atoms with Gasteiger partial charge < -0.3 is 15.2 Å². The second kappa shape index (κ2) is 6.03. The second-order valence-electron chi connectivity index (χ2n) is 4.38. The highest BCUT2D eigenvalue weighted by atomic mass is 16.5. The number of benzene rings is 1. The molecule has 0 saturated heterocycles. The Morgan fingerprint density at radius 3 is 2.47 bits per heavy atom. The van der Waals surface area contributed by atoms with Crippen LogP contribution in [0.4, 0.5) is 0 Å². The molecular weight excluding hydrogens is 214 g/mol. The Labute approximate surface area is 104 Å². The van der Waals surface area contributed by atoms with E-state index in [1.54, 1.807) is 7.11 Å². The molecule has 17 heavy (non-hydrogen) atoms. The van der Waals surface area contributed by atoms with E-state index in [2.05, 4.69) is 19.9 Å². The van der Waals surface area contributed by atoms with Crippen molar-refractivity contribution in [2.75, 3.05) is 13.7 Å². The van der Waals surface area contributed by atoms with E-state index in [9.17, 15) is 0 Å². The van der Waals surface area contributed by atoms with Gasteiger partial charge in [0, 0.05) is 12.2 Å². The number of hydrogen-bond donors (Lipinski definition) is 1. The molecule has 0 fully saturated rings. The summed E-state index contributed by atoms with van der Waals surface area (Å²) >= 11 is 0. The Bertz CT molecular complexity index is 377. The lowest BCUT2D eigenvalue weighted by molar-refractivity contribution is 0.0567. The standard InChI is InChI=1S/C14H23NO2/c1-6-17-11(4)14(15)13-10(3)7-9(2)8-12(13)16-5/h7-8,11,14H,6,15H2,1-5H3. The zero-order valence-corrected chi connectivity index (χ0v) is 11.4. The summed E-state index contributed by atoms with van der Waals surface area (Å²) in [7, 11) is 1.68. The van der Waals surface area contributed by atoms with Crippen molar-refractivity contribution in [3.8, 4) is 5.75 Å². The van der Waals surface area contributed by atoms with Crippen LogP contribution in [0.1, 0.15) is 36.6 Å². The van der Waals surface area contributed by atoms with E-state index in [0.29, 0.717) is 6.61 Å². The average Bonchev–Trinajstić information content (AvgIpc) is 2.27. The van der Waals surface area contributed by atoms with Crippen LogP contribution < -0.4 is 10.5 Å². The number of hydrogen-bond acceptors (Lipinski definition) is 3. The summed E-state index contributed by atoms with van der Waals surface area (Å²) in [4.78, 5) is 0. The molecule has 3 nitrogen and oxygen atoms in total. The van der Waals surface area contributed by atoms with E-state index in [-0.39, 0.29) is 12.1 Å². The maximum atomic E-state index is 6.25. The van der Waals surface area contributed by atoms with E-state index < -0.39 is 0 Å². The maximum Gasteiger partial charge on any atom is 0.124 e. The lowest BCUT2D eigenvalue weighted by atomic mass is 9.95. The molecule has 2 atom stereocenters. The summed E-state index contributed by atoms with van der Waals surface area (Å²) in [6.45, 7) is 8.75. The topological polar surface area (TPSA) is 44.5 Å². The maximum absolute atomic E-state index is 6.25. The first-order valence-electron chi connectivity index (χ1n) is 6.03. The molecule has 0 heterocycles. The molecule has 0 amide bonds. The summed E-state index contributed by atoms with van der Waals surface area (Å²) in [6.07, 6.45) is -0.0182. The predicted molar refractivity (Wildman–Crippen MR) is 70.5 cm³/mol. The van der Waals surface area contributed by atoms with Crippen molar-refractivity contribution in [1.82, 2.24) is 0 Å². The minimum Gasteiger partial charge on any atom is -0.496 e. The zero-order chi connectivity index (χ0) is 13.0. The molecule has 0 saturated carbocycles. The SMILES string of the molecule is CCOC(C)C(N)c1c(C)cc(C)cc1OC. The first kappa shape index (κ1) is 14.0. The molecule has 1 aromatic rings. The van der Waals surface area contributed by atoms with Gasteiger partial charge in [-0.05, 0) is 44.9 Å². The van der Waals surface area contributed by atoms with Crippen LogP contribution in [0.3, 0.4) is 0 Å². The molecular formula is C14H23NO2. The van der Waals surface area contributed by atoms with Crippen molar-refractivity contribution < 1.29 is 9.47 Å². The first-order valence-corrected chi connectivity index (χ1v) is 6.03. The molecule has 2 unspecified atom stereocenters. The lowest BCUT2D eigenvalue weighted by Gasteiger charge is -2.24. The Kier molecular flexibility index (Phi) is 4.97. The Morgan fingerprint density at radius 1 is 1.29 bits per heavy atom. The van der Waals surface area contributed by atoms with Crippen molar-refractivity contribution >= 4 is 0 Å². The van der Waals surface area contributed by atoms with Crippen molar-refractivity contribution in [3.63, 3.8) is 0 Å². The monoisotopic (exact) mass is 237 g/mol. The molecule has 0 aromatic heterocycles. The molecule has 3 heteroatoms. The van der Waals surface area contributed by atoms with Crippen LogP contribution in [0, 0.1) is 13.8 Å². The van der Waals surface area contributed by atoms with Crippen molar-refractivity contribution in [2.45, 2.75) is 39.8 Å². The molecule has 1 aromatic carbocycles. The number of ether oxygens (including phenoxy) is 2. The zero-order valence-electron chi connectivity index (χ0n) is 11.4. The molecule has 0 aliphatic rings. The smallest absolute Gasteiger partial charge is 0.124 e. The number of rotatable bonds is 5. The fourth-order valence-corrected chi connectivity index (χ4v) is 2.14. The van der Waals surface area contributed by atoms with E-state index in [1.807, 2.05) is 19.9 Å². The largest absolute Gasteiger partial charge is 0.496 e. The molecule has 2 N–H and O–H groups in total. The molecule has 1 rings (SSSR count). The highest BCUT2D eigenvalue weighted by molar-refractivity contribution is 5.45. The highest BCUT2D eigenvalue weighted by Gasteiger charge is 2.21. The molecule has 0 bridgehead atoms. The Hall–Kier alpha value is -1.06. The van der Waals surface area contributed by atoms with Gasteiger partial charge in [-0.3, -0.25) is 0 Å². The van der Waals surface area contributed by atoms with Crippen molar-refractivity contribution in [3.05, 3.63) is 28.8 Å². The fraction of sp³-hybridized carbons (Fsp3) is 0.571. The van der Waals surface area contributed by atoms with E-state index in [4.69, 9.17) is 15.2 Å². The summed E-state index contributed by atoms with van der Waals surface area (Å²) in [5.41, 5.74) is 9.62. The minimum absolute atomic E-state index is 0.0182. The molecule has 96 valence electrons.